The molecule has 0 fully saturated rings. The van der Waals surface area contributed by atoms with Gasteiger partial charge in [-0.15, -0.1) is 0 Å². The molecular formula is C56H39N. The summed E-state index contributed by atoms with van der Waals surface area (Å²) in [5.74, 6) is 0. The van der Waals surface area contributed by atoms with Crippen molar-refractivity contribution in [2.45, 2.75) is 0 Å². The highest BCUT2D eigenvalue weighted by molar-refractivity contribution is 6.04. The Hall–Kier alpha value is -7.48. The molecule has 0 N–H and O–H groups in total. The molecule has 0 aliphatic rings. The van der Waals surface area contributed by atoms with E-state index in [1.807, 2.05) is 158 Å². The lowest BCUT2D eigenvalue weighted by Crippen LogP contribution is -2.09. The number of hydrogen-bond acceptors (Lipinski definition) is 1. The molecule has 0 unspecified atom stereocenters. The van der Waals surface area contributed by atoms with E-state index in [0.29, 0.717) is 16.8 Å². The van der Waals surface area contributed by atoms with Gasteiger partial charge in [-0.2, -0.15) is 0 Å². The molecule has 0 saturated carbocycles. The molecule has 0 spiro atoms. The molecule has 0 bridgehead atoms. The van der Waals surface area contributed by atoms with Gasteiger partial charge in [0.25, 0.3) is 0 Å². The van der Waals surface area contributed by atoms with Gasteiger partial charge < -0.3 is 4.90 Å². The van der Waals surface area contributed by atoms with E-state index >= 15 is 0 Å². The molecule has 1 heteroatoms. The van der Waals surface area contributed by atoms with E-state index in [2.05, 4.69) is 6.07 Å². The van der Waals surface area contributed by atoms with Crippen LogP contribution in [0.25, 0.3) is 77.2 Å². The highest BCUT2D eigenvalue weighted by Crippen LogP contribution is 2.42. The quantitative estimate of drug-likeness (QED) is 0.150. The standard InChI is InChI=1S/C56H39N/c1-3-12-40(13-4-1)41-22-24-42(25-23-41)43-26-33-49(34-27-43)57(50-35-28-47(29-36-50)53-21-11-18-44-16-7-9-19-52(44)53)51-37-30-48(31-38-51)56-54-20-10-8-17-46(54)32-39-55(56)45-14-5-2-6-15-45/h1-39H/i26D,27D,30D,31D,33D,34D,37D,38D. The van der Waals surface area contributed by atoms with Gasteiger partial charge in [0.2, 0.25) is 0 Å². The lowest BCUT2D eigenvalue weighted by atomic mass is 9.89. The second kappa shape index (κ2) is 15.0. The van der Waals surface area contributed by atoms with Gasteiger partial charge >= 0.3 is 0 Å². The van der Waals surface area contributed by atoms with Crippen LogP contribution < -0.4 is 4.90 Å². The van der Waals surface area contributed by atoms with E-state index in [1.165, 1.54) is 4.90 Å². The first-order valence-electron chi connectivity index (χ1n) is 22.9. The summed E-state index contributed by atoms with van der Waals surface area (Å²) in [4.78, 5) is 1.36. The van der Waals surface area contributed by atoms with E-state index in [4.69, 9.17) is 0 Å². The molecule has 0 aromatic heterocycles. The third-order valence-corrected chi connectivity index (χ3v) is 10.4. The Labute approximate surface area is 345 Å². The van der Waals surface area contributed by atoms with E-state index in [9.17, 15) is 11.0 Å². The number of anilines is 3. The molecule has 0 atom stereocenters. The van der Waals surface area contributed by atoms with Crippen LogP contribution in [0.2, 0.25) is 0 Å². The Morgan fingerprint density at radius 3 is 1.37 bits per heavy atom. The van der Waals surface area contributed by atoms with Crippen molar-refractivity contribution in [3.63, 3.8) is 0 Å². The van der Waals surface area contributed by atoms with E-state index in [1.54, 1.807) is 24.3 Å². The number of benzene rings is 10. The number of fused-ring (bicyclic) bond motifs is 2. The van der Waals surface area contributed by atoms with Crippen molar-refractivity contribution >= 4 is 38.6 Å². The normalized spacial score (nSPS) is 13.1. The fraction of sp³-hybridized carbons (Fsp3) is 0. The Balaban J connectivity index is 1.20. The molecule has 0 radical (unpaired) electrons. The third-order valence-electron chi connectivity index (χ3n) is 10.4. The van der Waals surface area contributed by atoms with Crippen molar-refractivity contribution < 1.29 is 11.0 Å². The first-order valence-corrected chi connectivity index (χ1v) is 18.9. The maximum Gasteiger partial charge on any atom is 0.0645 e. The smallest absolute Gasteiger partial charge is 0.0645 e. The van der Waals surface area contributed by atoms with Crippen LogP contribution in [0, 0.1) is 0 Å². The maximum atomic E-state index is 9.77. The lowest BCUT2D eigenvalue weighted by Gasteiger charge is -2.26. The van der Waals surface area contributed by atoms with Crippen LogP contribution in [0.1, 0.15) is 11.0 Å². The maximum absolute atomic E-state index is 9.77. The second-order valence-electron chi connectivity index (χ2n) is 13.9. The van der Waals surface area contributed by atoms with Gasteiger partial charge in [0.1, 0.15) is 0 Å². The number of nitrogens with zero attached hydrogens (tertiary/aromatic N) is 1. The van der Waals surface area contributed by atoms with Crippen LogP contribution in [0.15, 0.2) is 236 Å². The third kappa shape index (κ3) is 6.66. The van der Waals surface area contributed by atoms with Gasteiger partial charge in [0, 0.05) is 17.1 Å². The molecule has 10 aromatic carbocycles. The van der Waals surface area contributed by atoms with Crippen molar-refractivity contribution in [1.82, 2.24) is 0 Å². The van der Waals surface area contributed by atoms with Gasteiger partial charge in [-0.3, -0.25) is 0 Å². The monoisotopic (exact) mass is 733 g/mol. The Bertz CT molecular complexity index is 3380. The molecule has 10 rings (SSSR count). The van der Waals surface area contributed by atoms with Gasteiger partial charge in [-0.25, -0.2) is 0 Å². The van der Waals surface area contributed by atoms with Crippen molar-refractivity contribution in [2.75, 3.05) is 4.90 Å². The Morgan fingerprint density at radius 2 is 0.719 bits per heavy atom. The van der Waals surface area contributed by atoms with E-state index in [-0.39, 0.29) is 46.7 Å². The number of hydrogen-bond donors (Lipinski definition) is 0. The number of rotatable bonds is 8. The second-order valence-corrected chi connectivity index (χ2v) is 13.9. The summed E-state index contributed by atoms with van der Waals surface area (Å²) in [5, 5.41) is 3.74. The largest absolute Gasteiger partial charge is 0.311 e. The van der Waals surface area contributed by atoms with Crippen LogP contribution in [0.4, 0.5) is 17.1 Å². The molecule has 0 aliphatic carbocycles. The zero-order chi connectivity index (χ0) is 44.9. The molecule has 0 heterocycles. The summed E-state index contributed by atoms with van der Waals surface area (Å²) in [7, 11) is 0. The van der Waals surface area contributed by atoms with Gasteiger partial charge in [-0.05, 0) is 113 Å². The average molecular weight is 734 g/mol. The Morgan fingerprint density at radius 1 is 0.263 bits per heavy atom. The van der Waals surface area contributed by atoms with Crippen LogP contribution >= 0.6 is 0 Å². The summed E-state index contributed by atoms with van der Waals surface area (Å²) < 4.78 is 77.0. The molecule has 0 amide bonds. The zero-order valence-corrected chi connectivity index (χ0v) is 30.8. The minimum atomic E-state index is -0.400. The molecule has 1 nitrogen and oxygen atoms in total. The van der Waals surface area contributed by atoms with Gasteiger partial charge in [0.15, 0.2) is 0 Å². The fourth-order valence-electron chi connectivity index (χ4n) is 7.60. The van der Waals surface area contributed by atoms with Crippen LogP contribution in [-0.2, 0) is 0 Å². The zero-order valence-electron chi connectivity index (χ0n) is 38.8. The molecule has 10 aromatic rings. The van der Waals surface area contributed by atoms with Gasteiger partial charge in [0.05, 0.1) is 11.0 Å². The summed E-state index contributed by atoms with van der Waals surface area (Å²) in [6.07, 6.45) is 0. The topological polar surface area (TPSA) is 3.24 Å². The lowest BCUT2D eigenvalue weighted by molar-refractivity contribution is 1.28. The van der Waals surface area contributed by atoms with Crippen LogP contribution in [0.5, 0.6) is 0 Å². The minimum absolute atomic E-state index is 0.105. The van der Waals surface area contributed by atoms with Crippen molar-refractivity contribution in [2.24, 2.45) is 0 Å². The van der Waals surface area contributed by atoms with Crippen LogP contribution in [-0.4, -0.2) is 0 Å². The van der Waals surface area contributed by atoms with Crippen molar-refractivity contribution in [3.05, 3.63) is 236 Å². The SMILES string of the molecule is [2H]c1c([2H])c(N(c2ccc(-c3cccc4ccccc34)cc2)c2c([2H])c([2H])c(-c3c(-c4ccccc4)ccc4ccccc34)c([2H])c2[2H])c([2H])c([2H])c1-c1ccc(-c2ccccc2)cc1. The summed E-state index contributed by atoms with van der Waals surface area (Å²) in [6.45, 7) is 0. The highest BCUT2D eigenvalue weighted by atomic mass is 15.1. The van der Waals surface area contributed by atoms with Gasteiger partial charge in [-0.1, -0.05) is 200 Å². The predicted octanol–water partition coefficient (Wildman–Crippen LogP) is 15.8. The van der Waals surface area contributed by atoms with Crippen molar-refractivity contribution in [1.29, 1.82) is 0 Å². The fourth-order valence-corrected chi connectivity index (χ4v) is 7.60. The minimum Gasteiger partial charge on any atom is -0.311 e. The molecule has 0 aliphatic heterocycles. The average Bonchev–Trinajstić information content (AvgIpc) is 3.35. The first-order chi connectivity index (χ1) is 31.6. The summed E-state index contributed by atoms with van der Waals surface area (Å²) in [5.41, 5.74) is 6.56. The predicted molar refractivity (Wildman–Crippen MR) is 243 cm³/mol. The van der Waals surface area contributed by atoms with E-state index in [0.717, 1.165) is 54.9 Å². The highest BCUT2D eigenvalue weighted by Gasteiger charge is 2.17. The van der Waals surface area contributed by atoms with E-state index < -0.39 is 24.2 Å². The summed E-state index contributed by atoms with van der Waals surface area (Å²) >= 11 is 0. The Kier molecular flexibility index (Phi) is 6.92. The molecule has 57 heavy (non-hydrogen) atoms. The first kappa shape index (κ1) is 26.3. The molecule has 268 valence electrons. The summed E-state index contributed by atoms with van der Waals surface area (Å²) in [6, 6.07) is 57.0. The molecular weight excluding hydrogens is 687 g/mol. The molecule has 0 saturated heterocycles. The van der Waals surface area contributed by atoms with Crippen LogP contribution in [0.3, 0.4) is 0 Å². The van der Waals surface area contributed by atoms with Crippen molar-refractivity contribution in [3.8, 4) is 55.6 Å².